The SMILES string of the molecule is CCc1nc(N[C@H](CCSC)C(=O)O)c2c3c(sc2n1)CCC3. The molecule has 2 N–H and O–H groups in total. The Bertz CT molecular complexity index is 730. The average Bonchev–Trinajstić information content (AvgIpc) is 3.10. The highest BCUT2D eigenvalue weighted by atomic mass is 32.2. The van der Waals surface area contributed by atoms with Crippen molar-refractivity contribution < 1.29 is 9.90 Å². The standard InChI is InChI=1S/C16H21N3O2S2/c1-3-12-18-14(17-10(16(20)21)7-8-22-2)13-9-5-4-6-11(9)23-15(13)19-12/h10H,3-8H2,1-2H3,(H,20,21)(H,17,18,19)/t10-/m1/s1. The first-order valence-corrected chi connectivity index (χ1v) is 10.1. The first-order chi connectivity index (χ1) is 11.1. The van der Waals surface area contributed by atoms with Gasteiger partial charge in [-0.3, -0.25) is 0 Å². The summed E-state index contributed by atoms with van der Waals surface area (Å²) in [5, 5.41) is 13.7. The van der Waals surface area contributed by atoms with Gasteiger partial charge in [-0.2, -0.15) is 11.8 Å². The number of hydrogen-bond acceptors (Lipinski definition) is 6. The normalized spacial score (nSPS) is 14.9. The maximum atomic E-state index is 11.6. The van der Waals surface area contributed by atoms with E-state index in [-0.39, 0.29) is 0 Å². The van der Waals surface area contributed by atoms with Crippen LogP contribution in [0.4, 0.5) is 5.82 Å². The third kappa shape index (κ3) is 3.30. The molecular weight excluding hydrogens is 330 g/mol. The lowest BCUT2D eigenvalue weighted by atomic mass is 10.1. The van der Waals surface area contributed by atoms with Crippen molar-refractivity contribution in [2.75, 3.05) is 17.3 Å². The summed E-state index contributed by atoms with van der Waals surface area (Å²) >= 11 is 3.40. The molecule has 2 aromatic rings. The second-order valence-corrected chi connectivity index (χ2v) is 7.77. The zero-order chi connectivity index (χ0) is 16.4. The van der Waals surface area contributed by atoms with E-state index >= 15 is 0 Å². The summed E-state index contributed by atoms with van der Waals surface area (Å²) in [7, 11) is 0. The summed E-state index contributed by atoms with van der Waals surface area (Å²) in [5.41, 5.74) is 1.32. The third-order valence-corrected chi connectivity index (χ3v) is 5.98. The van der Waals surface area contributed by atoms with Crippen LogP contribution in [0.15, 0.2) is 0 Å². The molecule has 2 heterocycles. The van der Waals surface area contributed by atoms with Gasteiger partial charge in [0.15, 0.2) is 0 Å². The summed E-state index contributed by atoms with van der Waals surface area (Å²) in [4.78, 5) is 23.2. The first kappa shape index (κ1) is 16.5. The summed E-state index contributed by atoms with van der Waals surface area (Å²) in [6, 6.07) is -0.609. The van der Waals surface area contributed by atoms with Crippen molar-refractivity contribution in [2.24, 2.45) is 0 Å². The van der Waals surface area contributed by atoms with E-state index in [0.717, 1.165) is 41.1 Å². The summed E-state index contributed by atoms with van der Waals surface area (Å²) in [6.07, 6.45) is 6.63. The second-order valence-electron chi connectivity index (χ2n) is 5.70. The van der Waals surface area contributed by atoms with Gasteiger partial charge in [-0.25, -0.2) is 14.8 Å². The van der Waals surface area contributed by atoms with Crippen LogP contribution in [0, 0.1) is 0 Å². The number of thiophene rings is 1. The highest BCUT2D eigenvalue weighted by molar-refractivity contribution is 7.98. The lowest BCUT2D eigenvalue weighted by Gasteiger charge is -2.16. The Morgan fingerprint density at radius 2 is 2.26 bits per heavy atom. The minimum absolute atomic E-state index is 0.579. The Morgan fingerprint density at radius 3 is 2.96 bits per heavy atom. The van der Waals surface area contributed by atoms with Gasteiger partial charge in [0.1, 0.15) is 22.5 Å². The predicted molar refractivity (Wildman–Crippen MR) is 96.9 cm³/mol. The number of aliphatic carboxylic acids is 1. The van der Waals surface area contributed by atoms with Crippen molar-refractivity contribution >= 4 is 45.1 Å². The van der Waals surface area contributed by atoms with Crippen molar-refractivity contribution in [2.45, 2.75) is 45.1 Å². The largest absolute Gasteiger partial charge is 0.480 e. The molecule has 1 atom stereocenters. The monoisotopic (exact) mass is 351 g/mol. The molecule has 0 aromatic carbocycles. The number of nitrogens with zero attached hydrogens (tertiary/aromatic N) is 2. The van der Waals surface area contributed by atoms with E-state index in [0.29, 0.717) is 12.2 Å². The first-order valence-electron chi connectivity index (χ1n) is 7.93. The van der Waals surface area contributed by atoms with E-state index in [1.54, 1.807) is 23.1 Å². The zero-order valence-corrected chi connectivity index (χ0v) is 15.0. The van der Waals surface area contributed by atoms with Crippen LogP contribution in [0.3, 0.4) is 0 Å². The Labute approximate surface area is 143 Å². The maximum Gasteiger partial charge on any atom is 0.326 e. The van der Waals surface area contributed by atoms with Gasteiger partial charge in [-0.05, 0) is 43.3 Å². The van der Waals surface area contributed by atoms with Crippen molar-refractivity contribution in [3.8, 4) is 0 Å². The van der Waals surface area contributed by atoms with Crippen LogP contribution in [0.2, 0.25) is 0 Å². The van der Waals surface area contributed by atoms with Crippen LogP contribution in [-0.4, -0.2) is 39.1 Å². The van der Waals surface area contributed by atoms with Gasteiger partial charge in [-0.1, -0.05) is 6.92 Å². The van der Waals surface area contributed by atoms with E-state index in [9.17, 15) is 9.90 Å². The van der Waals surface area contributed by atoms with Gasteiger partial charge in [-0.15, -0.1) is 11.3 Å². The van der Waals surface area contributed by atoms with Crippen LogP contribution in [-0.2, 0) is 24.1 Å². The number of carboxylic acid groups (broad SMARTS) is 1. The topological polar surface area (TPSA) is 75.1 Å². The van der Waals surface area contributed by atoms with Gasteiger partial charge >= 0.3 is 5.97 Å². The van der Waals surface area contributed by atoms with Crippen LogP contribution < -0.4 is 5.32 Å². The molecule has 0 aliphatic heterocycles. The van der Waals surface area contributed by atoms with Crippen molar-refractivity contribution in [1.29, 1.82) is 0 Å². The smallest absolute Gasteiger partial charge is 0.326 e. The van der Waals surface area contributed by atoms with Gasteiger partial charge in [0, 0.05) is 11.3 Å². The number of hydrogen-bond donors (Lipinski definition) is 2. The number of rotatable bonds is 7. The lowest BCUT2D eigenvalue weighted by molar-refractivity contribution is -0.137. The molecule has 0 radical (unpaired) electrons. The summed E-state index contributed by atoms with van der Waals surface area (Å²) in [6.45, 7) is 2.02. The Morgan fingerprint density at radius 1 is 1.43 bits per heavy atom. The maximum absolute atomic E-state index is 11.6. The number of nitrogens with one attached hydrogen (secondary N) is 1. The van der Waals surface area contributed by atoms with E-state index in [1.165, 1.54) is 16.9 Å². The van der Waals surface area contributed by atoms with E-state index in [2.05, 4.69) is 15.3 Å². The molecule has 1 aliphatic carbocycles. The van der Waals surface area contributed by atoms with Crippen molar-refractivity contribution in [3.05, 3.63) is 16.3 Å². The molecule has 3 rings (SSSR count). The average molecular weight is 351 g/mol. The number of carbonyl (C=O) groups is 1. The third-order valence-electron chi connectivity index (χ3n) is 4.15. The summed E-state index contributed by atoms with van der Waals surface area (Å²) in [5.74, 6) is 1.46. The fraction of sp³-hybridized carbons (Fsp3) is 0.562. The molecule has 5 nitrogen and oxygen atoms in total. The van der Waals surface area contributed by atoms with E-state index < -0.39 is 12.0 Å². The Hall–Kier alpha value is -1.34. The van der Waals surface area contributed by atoms with Crippen LogP contribution in [0.25, 0.3) is 10.2 Å². The van der Waals surface area contributed by atoms with Crippen LogP contribution >= 0.6 is 23.1 Å². The van der Waals surface area contributed by atoms with Crippen LogP contribution in [0.1, 0.15) is 36.0 Å². The Balaban J connectivity index is 2.02. The van der Waals surface area contributed by atoms with Gasteiger partial charge in [0.2, 0.25) is 0 Å². The van der Waals surface area contributed by atoms with Crippen molar-refractivity contribution in [3.63, 3.8) is 0 Å². The fourth-order valence-electron chi connectivity index (χ4n) is 2.96. The molecule has 0 unspecified atom stereocenters. The van der Waals surface area contributed by atoms with Crippen LogP contribution in [0.5, 0.6) is 0 Å². The molecule has 0 saturated carbocycles. The molecule has 23 heavy (non-hydrogen) atoms. The highest BCUT2D eigenvalue weighted by Crippen LogP contribution is 2.39. The molecule has 0 fully saturated rings. The molecule has 0 spiro atoms. The molecular formula is C16H21N3O2S2. The summed E-state index contributed by atoms with van der Waals surface area (Å²) < 4.78 is 0. The minimum atomic E-state index is -0.823. The van der Waals surface area contributed by atoms with Gasteiger partial charge in [0.05, 0.1) is 5.39 Å². The quantitative estimate of drug-likeness (QED) is 0.797. The number of carboxylic acids is 1. The van der Waals surface area contributed by atoms with E-state index in [1.807, 2.05) is 13.2 Å². The number of aryl methyl sites for hydroxylation is 3. The Kier molecular flexibility index (Phi) is 5.06. The zero-order valence-electron chi connectivity index (χ0n) is 13.4. The molecule has 0 bridgehead atoms. The molecule has 1 aliphatic rings. The molecule has 124 valence electrons. The molecule has 7 heteroatoms. The number of aromatic nitrogens is 2. The fourth-order valence-corrected chi connectivity index (χ4v) is 4.71. The van der Waals surface area contributed by atoms with Crippen molar-refractivity contribution in [1.82, 2.24) is 9.97 Å². The predicted octanol–water partition coefficient (Wildman–Crippen LogP) is 3.36. The van der Waals surface area contributed by atoms with E-state index in [4.69, 9.17) is 0 Å². The number of thioether (sulfide) groups is 1. The van der Waals surface area contributed by atoms with Gasteiger partial charge in [0.25, 0.3) is 0 Å². The molecule has 2 aromatic heterocycles. The highest BCUT2D eigenvalue weighted by Gasteiger charge is 2.25. The second kappa shape index (κ2) is 7.05. The number of anilines is 1. The minimum Gasteiger partial charge on any atom is -0.480 e. The number of fused-ring (bicyclic) bond motifs is 3. The van der Waals surface area contributed by atoms with Gasteiger partial charge < -0.3 is 10.4 Å². The molecule has 0 saturated heterocycles. The lowest BCUT2D eigenvalue weighted by Crippen LogP contribution is -2.30. The molecule has 0 amide bonds.